The van der Waals surface area contributed by atoms with Gasteiger partial charge >= 0.3 is 0 Å². The molecule has 0 saturated heterocycles. The number of thiocarbonyl (C=S) groups is 1. The lowest BCUT2D eigenvalue weighted by atomic mass is 10.1. The summed E-state index contributed by atoms with van der Waals surface area (Å²) in [6.07, 6.45) is 0.820. The highest BCUT2D eigenvalue weighted by atomic mass is 32.1. The fourth-order valence-corrected chi connectivity index (χ4v) is 2.09. The van der Waals surface area contributed by atoms with Gasteiger partial charge in [0.2, 0.25) is 0 Å². The molecule has 0 aliphatic carbocycles. The van der Waals surface area contributed by atoms with Crippen molar-refractivity contribution in [1.29, 1.82) is 0 Å². The molecule has 1 heterocycles. The maximum Gasteiger partial charge on any atom is 0.277 e. The predicted molar refractivity (Wildman–Crippen MR) is 84.8 cm³/mol. The van der Waals surface area contributed by atoms with Crippen LogP contribution in [0.15, 0.2) is 35.1 Å². The van der Waals surface area contributed by atoms with Crippen LogP contribution >= 0.6 is 12.2 Å². The Labute approximate surface area is 123 Å². The second-order valence-corrected chi connectivity index (χ2v) is 5.14. The summed E-state index contributed by atoms with van der Waals surface area (Å²) in [6.45, 7) is 4.57. The minimum Gasteiger partial charge on any atom is -0.389 e. The average molecular weight is 287 g/mol. The minimum atomic E-state index is -0.227. The number of rotatable bonds is 4. The van der Waals surface area contributed by atoms with Crippen LogP contribution < -0.4 is 11.3 Å². The molecule has 0 spiro atoms. The topological polar surface area (TPSA) is 60.9 Å². The Kier molecular flexibility index (Phi) is 4.29. The van der Waals surface area contributed by atoms with E-state index >= 15 is 0 Å². The summed E-state index contributed by atoms with van der Waals surface area (Å²) < 4.78 is 1.43. The van der Waals surface area contributed by atoms with Crippen molar-refractivity contribution in [3.8, 4) is 11.3 Å². The first-order valence-electron chi connectivity index (χ1n) is 6.52. The van der Waals surface area contributed by atoms with Crippen LogP contribution in [0, 0.1) is 6.92 Å². The quantitative estimate of drug-likeness (QED) is 0.876. The second kappa shape index (κ2) is 5.96. The summed E-state index contributed by atoms with van der Waals surface area (Å²) in [6, 6.07) is 9.63. The Morgan fingerprint density at radius 3 is 2.55 bits per heavy atom. The molecule has 2 N–H and O–H groups in total. The molecule has 1 aromatic heterocycles. The molecular weight excluding hydrogens is 270 g/mol. The molecule has 5 heteroatoms. The monoisotopic (exact) mass is 287 g/mol. The molecular formula is C15H17N3OS. The first kappa shape index (κ1) is 14.4. The first-order valence-corrected chi connectivity index (χ1v) is 6.92. The van der Waals surface area contributed by atoms with Crippen LogP contribution in [-0.2, 0) is 6.54 Å². The van der Waals surface area contributed by atoms with Crippen LogP contribution in [0.2, 0.25) is 0 Å². The SMILES string of the molecule is CCCn1nc(-c2ccc(C)cc2)cc(C(N)=S)c1=O. The van der Waals surface area contributed by atoms with E-state index in [-0.39, 0.29) is 10.5 Å². The van der Waals surface area contributed by atoms with Gasteiger partial charge in [-0.1, -0.05) is 49.0 Å². The summed E-state index contributed by atoms with van der Waals surface area (Å²) in [5.41, 5.74) is 8.58. The molecule has 0 aliphatic rings. The highest BCUT2D eigenvalue weighted by Gasteiger charge is 2.11. The van der Waals surface area contributed by atoms with E-state index in [2.05, 4.69) is 5.10 Å². The normalized spacial score (nSPS) is 10.5. The van der Waals surface area contributed by atoms with Gasteiger partial charge in [-0.05, 0) is 19.4 Å². The van der Waals surface area contributed by atoms with Crippen LogP contribution in [-0.4, -0.2) is 14.8 Å². The van der Waals surface area contributed by atoms with Crippen LogP contribution in [0.25, 0.3) is 11.3 Å². The van der Waals surface area contributed by atoms with E-state index in [4.69, 9.17) is 18.0 Å². The smallest absolute Gasteiger partial charge is 0.277 e. The molecule has 0 atom stereocenters. The van der Waals surface area contributed by atoms with Gasteiger partial charge in [0, 0.05) is 12.1 Å². The van der Waals surface area contributed by atoms with E-state index in [0.29, 0.717) is 17.8 Å². The zero-order valence-electron chi connectivity index (χ0n) is 11.6. The third-order valence-electron chi connectivity index (χ3n) is 3.02. The van der Waals surface area contributed by atoms with Crippen molar-refractivity contribution >= 4 is 17.2 Å². The number of aryl methyl sites for hydroxylation is 2. The van der Waals surface area contributed by atoms with Crippen molar-refractivity contribution < 1.29 is 0 Å². The van der Waals surface area contributed by atoms with Crippen LogP contribution in [0.3, 0.4) is 0 Å². The Bertz CT molecular complexity index is 689. The van der Waals surface area contributed by atoms with Gasteiger partial charge in [-0.3, -0.25) is 4.79 Å². The Hall–Kier alpha value is -2.01. The van der Waals surface area contributed by atoms with Crippen LogP contribution in [0.5, 0.6) is 0 Å². The second-order valence-electron chi connectivity index (χ2n) is 4.70. The molecule has 104 valence electrons. The van der Waals surface area contributed by atoms with E-state index in [0.717, 1.165) is 12.0 Å². The van der Waals surface area contributed by atoms with E-state index in [1.165, 1.54) is 10.2 Å². The summed E-state index contributed by atoms with van der Waals surface area (Å²) in [5.74, 6) is 0. The van der Waals surface area contributed by atoms with Crippen molar-refractivity contribution in [2.45, 2.75) is 26.8 Å². The first-order chi connectivity index (χ1) is 9.52. The van der Waals surface area contributed by atoms with Gasteiger partial charge in [-0.2, -0.15) is 5.10 Å². The highest BCUT2D eigenvalue weighted by molar-refractivity contribution is 7.80. The largest absolute Gasteiger partial charge is 0.389 e. The molecule has 0 saturated carbocycles. The van der Waals surface area contributed by atoms with Crippen molar-refractivity contribution in [3.63, 3.8) is 0 Å². The van der Waals surface area contributed by atoms with Crippen molar-refractivity contribution in [3.05, 3.63) is 51.8 Å². The molecule has 0 bridgehead atoms. The maximum absolute atomic E-state index is 12.2. The predicted octanol–water partition coefficient (Wildman–Crippen LogP) is 2.26. The number of nitrogens with two attached hydrogens (primary N) is 1. The summed E-state index contributed by atoms with van der Waals surface area (Å²) in [7, 11) is 0. The maximum atomic E-state index is 12.2. The minimum absolute atomic E-state index is 0.107. The van der Waals surface area contributed by atoms with Gasteiger partial charge in [0.05, 0.1) is 11.3 Å². The number of nitrogens with zero attached hydrogens (tertiary/aromatic N) is 2. The number of hydrogen-bond acceptors (Lipinski definition) is 3. The van der Waals surface area contributed by atoms with Gasteiger partial charge in [0.25, 0.3) is 5.56 Å². The third kappa shape index (κ3) is 2.93. The summed E-state index contributed by atoms with van der Waals surface area (Å²) in [5, 5.41) is 4.39. The Morgan fingerprint density at radius 2 is 2.00 bits per heavy atom. The number of benzene rings is 1. The van der Waals surface area contributed by atoms with Crippen LogP contribution in [0.1, 0.15) is 24.5 Å². The number of hydrogen-bond donors (Lipinski definition) is 1. The number of aromatic nitrogens is 2. The third-order valence-corrected chi connectivity index (χ3v) is 3.24. The van der Waals surface area contributed by atoms with Crippen molar-refractivity contribution in [1.82, 2.24) is 9.78 Å². The molecule has 0 radical (unpaired) electrons. The van der Waals surface area contributed by atoms with Gasteiger partial charge in [0.1, 0.15) is 4.99 Å². The lowest BCUT2D eigenvalue weighted by Gasteiger charge is -2.09. The molecule has 1 aromatic carbocycles. The lowest BCUT2D eigenvalue weighted by Crippen LogP contribution is -2.31. The van der Waals surface area contributed by atoms with Gasteiger partial charge < -0.3 is 5.73 Å². The molecule has 4 nitrogen and oxygen atoms in total. The molecule has 0 fully saturated rings. The van der Waals surface area contributed by atoms with Gasteiger partial charge in [-0.15, -0.1) is 0 Å². The summed E-state index contributed by atoms with van der Waals surface area (Å²) in [4.78, 5) is 12.3. The van der Waals surface area contributed by atoms with E-state index in [1.54, 1.807) is 6.07 Å². The summed E-state index contributed by atoms with van der Waals surface area (Å²) >= 11 is 4.96. The Morgan fingerprint density at radius 1 is 1.35 bits per heavy atom. The van der Waals surface area contributed by atoms with Crippen molar-refractivity contribution in [2.75, 3.05) is 0 Å². The zero-order chi connectivity index (χ0) is 14.7. The van der Waals surface area contributed by atoms with Gasteiger partial charge in [0.15, 0.2) is 0 Å². The molecule has 2 aromatic rings. The zero-order valence-corrected chi connectivity index (χ0v) is 12.4. The van der Waals surface area contributed by atoms with Crippen LogP contribution in [0.4, 0.5) is 0 Å². The molecule has 0 unspecified atom stereocenters. The molecule has 2 rings (SSSR count). The fraction of sp³-hybridized carbons (Fsp3) is 0.267. The Balaban J connectivity index is 2.61. The van der Waals surface area contributed by atoms with Crippen molar-refractivity contribution in [2.24, 2.45) is 5.73 Å². The van der Waals surface area contributed by atoms with E-state index in [1.807, 2.05) is 38.1 Å². The molecule has 0 aliphatic heterocycles. The molecule has 0 amide bonds. The molecule has 20 heavy (non-hydrogen) atoms. The van der Waals surface area contributed by atoms with Gasteiger partial charge in [-0.25, -0.2) is 4.68 Å². The van der Waals surface area contributed by atoms with E-state index in [9.17, 15) is 4.79 Å². The standard InChI is InChI=1S/C15H17N3OS/c1-3-8-18-15(19)12(14(16)20)9-13(17-18)11-6-4-10(2)5-7-11/h4-7,9H,3,8H2,1-2H3,(H2,16,20). The average Bonchev–Trinajstić information content (AvgIpc) is 2.42. The highest BCUT2D eigenvalue weighted by Crippen LogP contribution is 2.17. The lowest BCUT2D eigenvalue weighted by molar-refractivity contribution is 0.570. The van der Waals surface area contributed by atoms with E-state index < -0.39 is 0 Å². The fourth-order valence-electron chi connectivity index (χ4n) is 1.95.